The molecule has 0 atom stereocenters. The van der Waals surface area contributed by atoms with Crippen molar-refractivity contribution in [1.82, 2.24) is 0 Å². The van der Waals surface area contributed by atoms with E-state index in [1.54, 1.807) is 6.07 Å². The highest BCUT2D eigenvalue weighted by molar-refractivity contribution is 5.93. The van der Waals surface area contributed by atoms with Crippen LogP contribution in [0.4, 0.5) is 0 Å². The maximum absolute atomic E-state index is 13.3. The van der Waals surface area contributed by atoms with Gasteiger partial charge in [-0.05, 0) is 58.7 Å². The van der Waals surface area contributed by atoms with E-state index in [0.29, 0.717) is 29.7 Å². The van der Waals surface area contributed by atoms with Gasteiger partial charge in [-0.15, -0.1) is 0 Å². The summed E-state index contributed by atoms with van der Waals surface area (Å²) >= 11 is 0. The zero-order chi connectivity index (χ0) is 25.2. The summed E-state index contributed by atoms with van der Waals surface area (Å²) in [5.74, 6) is -0.620. The van der Waals surface area contributed by atoms with E-state index in [-0.39, 0.29) is 39.5 Å². The van der Waals surface area contributed by atoms with Crippen LogP contribution in [0.3, 0.4) is 0 Å². The van der Waals surface area contributed by atoms with Crippen molar-refractivity contribution in [2.45, 2.75) is 40.5 Å². The number of phenolic OH excluding ortho intramolecular Hbond substituents is 2. The number of hydrogen-bond acceptors (Lipinski definition) is 7. The summed E-state index contributed by atoms with van der Waals surface area (Å²) in [6.45, 7) is 7.77. The van der Waals surface area contributed by atoms with Gasteiger partial charge in [0.15, 0.2) is 17.3 Å². The largest absolute Gasteiger partial charge is 0.507 e. The number of hydrogen-bond donors (Lipinski definition) is 3. The maximum Gasteiger partial charge on any atom is 0.238 e. The summed E-state index contributed by atoms with van der Waals surface area (Å²) in [5, 5.41) is 31.9. The molecule has 3 rings (SSSR count). The van der Waals surface area contributed by atoms with Gasteiger partial charge in [0, 0.05) is 16.7 Å². The van der Waals surface area contributed by atoms with Gasteiger partial charge in [0.1, 0.15) is 22.5 Å². The molecule has 0 amide bonds. The molecule has 7 heteroatoms. The third kappa shape index (κ3) is 4.59. The minimum absolute atomic E-state index is 0.112. The molecule has 2 aromatic carbocycles. The molecule has 1 heterocycles. The van der Waals surface area contributed by atoms with Crippen LogP contribution in [0, 0.1) is 0 Å². The SMILES string of the molecule is COc1ccc(-c2oc3c(CC=C(C)C)c(OC)c(CC=C(C)C)c(O)c3c(=O)c2O)cc1O. The van der Waals surface area contributed by atoms with Crippen LogP contribution < -0.4 is 14.9 Å². The van der Waals surface area contributed by atoms with Gasteiger partial charge in [-0.3, -0.25) is 4.79 Å². The Balaban J connectivity index is 2.45. The molecule has 0 aliphatic heterocycles. The third-order valence-electron chi connectivity index (χ3n) is 5.51. The first kappa shape index (κ1) is 24.8. The third-order valence-corrected chi connectivity index (χ3v) is 5.51. The van der Waals surface area contributed by atoms with Crippen LogP contribution in [0.25, 0.3) is 22.3 Å². The second-order valence-corrected chi connectivity index (χ2v) is 8.51. The van der Waals surface area contributed by atoms with Crippen molar-refractivity contribution in [1.29, 1.82) is 0 Å². The summed E-state index contributed by atoms with van der Waals surface area (Å²) in [5.41, 5.74) is 2.71. The molecular formula is C27H30O7. The molecule has 0 saturated carbocycles. The molecule has 0 fully saturated rings. The van der Waals surface area contributed by atoms with Crippen molar-refractivity contribution in [3.05, 3.63) is 62.8 Å². The highest BCUT2D eigenvalue weighted by Gasteiger charge is 2.26. The normalized spacial score (nSPS) is 10.8. The number of allylic oxidation sites excluding steroid dienone is 4. The van der Waals surface area contributed by atoms with Gasteiger partial charge in [0.25, 0.3) is 0 Å². The second-order valence-electron chi connectivity index (χ2n) is 8.51. The number of aromatic hydroxyl groups is 3. The molecule has 34 heavy (non-hydrogen) atoms. The molecule has 0 aliphatic carbocycles. The lowest BCUT2D eigenvalue weighted by Gasteiger charge is -2.18. The van der Waals surface area contributed by atoms with Crippen LogP contribution >= 0.6 is 0 Å². The topological polar surface area (TPSA) is 109 Å². The molecule has 7 nitrogen and oxygen atoms in total. The van der Waals surface area contributed by atoms with E-state index >= 15 is 0 Å². The Labute approximate surface area is 198 Å². The van der Waals surface area contributed by atoms with Crippen LogP contribution in [-0.2, 0) is 12.8 Å². The van der Waals surface area contributed by atoms with Gasteiger partial charge in [0.2, 0.25) is 11.2 Å². The van der Waals surface area contributed by atoms with Crippen molar-refractivity contribution in [2.24, 2.45) is 0 Å². The average molecular weight is 467 g/mol. The van der Waals surface area contributed by atoms with Gasteiger partial charge in [-0.25, -0.2) is 0 Å². The fourth-order valence-corrected chi connectivity index (χ4v) is 3.76. The van der Waals surface area contributed by atoms with Gasteiger partial charge in [-0.2, -0.15) is 0 Å². The minimum Gasteiger partial charge on any atom is -0.507 e. The van der Waals surface area contributed by atoms with E-state index in [1.165, 1.54) is 26.4 Å². The van der Waals surface area contributed by atoms with E-state index < -0.39 is 11.2 Å². The smallest absolute Gasteiger partial charge is 0.238 e. The monoisotopic (exact) mass is 466 g/mol. The highest BCUT2D eigenvalue weighted by atomic mass is 16.5. The number of rotatable bonds is 7. The molecule has 3 aromatic rings. The molecule has 0 spiro atoms. The van der Waals surface area contributed by atoms with Crippen LogP contribution in [0.2, 0.25) is 0 Å². The Kier molecular flexibility index (Phi) is 7.25. The first-order valence-electron chi connectivity index (χ1n) is 10.8. The summed E-state index contributed by atoms with van der Waals surface area (Å²) < 4.78 is 16.8. The first-order chi connectivity index (χ1) is 16.1. The van der Waals surface area contributed by atoms with Crippen LogP contribution in [0.1, 0.15) is 38.8 Å². The van der Waals surface area contributed by atoms with E-state index in [4.69, 9.17) is 13.9 Å². The van der Waals surface area contributed by atoms with E-state index in [0.717, 1.165) is 11.1 Å². The number of methoxy groups -OCH3 is 2. The summed E-state index contributed by atoms with van der Waals surface area (Å²) in [6.07, 6.45) is 4.60. The van der Waals surface area contributed by atoms with Gasteiger partial charge >= 0.3 is 0 Å². The van der Waals surface area contributed by atoms with Gasteiger partial charge in [0.05, 0.1) is 14.2 Å². The van der Waals surface area contributed by atoms with Gasteiger partial charge < -0.3 is 29.2 Å². The zero-order valence-corrected chi connectivity index (χ0v) is 20.3. The Hall–Kier alpha value is -3.87. The van der Waals surface area contributed by atoms with E-state index in [2.05, 4.69) is 0 Å². The van der Waals surface area contributed by atoms with Crippen molar-refractivity contribution < 1.29 is 29.2 Å². The average Bonchev–Trinajstić information content (AvgIpc) is 2.78. The minimum atomic E-state index is -0.774. The Bertz CT molecular complexity index is 1350. The molecule has 180 valence electrons. The molecule has 0 unspecified atom stereocenters. The standard InChI is InChI=1S/C27H30O7/c1-14(2)7-10-17-22(29)21-23(30)24(31)25(16-9-12-20(32-5)19(28)13-16)34-27(21)18(26(17)33-6)11-8-15(3)4/h7-9,12-13,28-29,31H,10-11H2,1-6H3. The summed E-state index contributed by atoms with van der Waals surface area (Å²) in [6, 6.07) is 4.39. The van der Waals surface area contributed by atoms with Crippen molar-refractivity contribution in [3.63, 3.8) is 0 Å². The molecule has 0 saturated heterocycles. The predicted octanol–water partition coefficient (Wildman–Crippen LogP) is 5.61. The van der Waals surface area contributed by atoms with Gasteiger partial charge in [-0.1, -0.05) is 23.3 Å². The van der Waals surface area contributed by atoms with Crippen LogP contribution in [0.5, 0.6) is 28.7 Å². The predicted molar refractivity (Wildman–Crippen MR) is 132 cm³/mol. The molecule has 1 aromatic heterocycles. The fraction of sp³-hybridized carbons (Fsp3) is 0.296. The Morgan fingerprint density at radius 2 is 1.53 bits per heavy atom. The van der Waals surface area contributed by atoms with Crippen molar-refractivity contribution in [3.8, 4) is 40.1 Å². The molecule has 0 bridgehead atoms. The number of ether oxygens (including phenoxy) is 2. The molecule has 0 aliphatic rings. The number of phenols is 2. The van der Waals surface area contributed by atoms with Crippen LogP contribution in [0.15, 0.2) is 50.7 Å². The maximum atomic E-state index is 13.3. The van der Waals surface area contributed by atoms with Crippen LogP contribution in [-0.4, -0.2) is 29.5 Å². The lowest BCUT2D eigenvalue weighted by molar-refractivity contribution is 0.373. The Morgan fingerprint density at radius 1 is 0.912 bits per heavy atom. The number of benzene rings is 2. The molecule has 3 N–H and O–H groups in total. The van der Waals surface area contributed by atoms with E-state index in [9.17, 15) is 20.1 Å². The van der Waals surface area contributed by atoms with Crippen molar-refractivity contribution in [2.75, 3.05) is 14.2 Å². The first-order valence-corrected chi connectivity index (χ1v) is 10.8. The second kappa shape index (κ2) is 9.95. The Morgan fingerprint density at radius 3 is 2.06 bits per heavy atom. The summed E-state index contributed by atoms with van der Waals surface area (Å²) in [7, 11) is 2.92. The lowest BCUT2D eigenvalue weighted by atomic mass is 9.96. The summed E-state index contributed by atoms with van der Waals surface area (Å²) in [4.78, 5) is 13.3. The molecular weight excluding hydrogens is 436 g/mol. The molecule has 0 radical (unpaired) electrons. The van der Waals surface area contributed by atoms with E-state index in [1.807, 2.05) is 39.8 Å². The number of fused-ring (bicyclic) bond motifs is 1. The van der Waals surface area contributed by atoms with Crippen molar-refractivity contribution >= 4 is 11.0 Å². The quantitative estimate of drug-likeness (QED) is 0.388. The zero-order valence-electron chi connectivity index (χ0n) is 20.3. The lowest BCUT2D eigenvalue weighted by Crippen LogP contribution is -2.08. The highest BCUT2D eigenvalue weighted by Crippen LogP contribution is 2.44. The fourth-order valence-electron chi connectivity index (χ4n) is 3.76.